The number of halogens is 2. The molecule has 8 nitrogen and oxygen atoms in total. The van der Waals surface area contributed by atoms with Crippen molar-refractivity contribution in [3.63, 3.8) is 0 Å². The highest BCUT2D eigenvalue weighted by atomic mass is 19.3. The quantitative estimate of drug-likeness (QED) is 0.229. The SMILES string of the molecule is O=C(O)[C@H](CCN(CCCCc1ccc2c(n1)NCCC2)CCC(F)F)Nc1ccnc(-c2ccccc2)n1. The molecule has 0 radical (unpaired) electrons. The Bertz CT molecular complexity index is 1200. The van der Waals surface area contributed by atoms with Gasteiger partial charge in [0.2, 0.25) is 6.43 Å². The number of carboxylic acid groups (broad SMARTS) is 1. The molecule has 39 heavy (non-hydrogen) atoms. The molecule has 0 spiro atoms. The van der Waals surface area contributed by atoms with Gasteiger partial charge in [0.1, 0.15) is 17.7 Å². The second-order valence-corrected chi connectivity index (χ2v) is 9.77. The lowest BCUT2D eigenvalue weighted by Gasteiger charge is -2.24. The normalized spacial score (nSPS) is 13.6. The van der Waals surface area contributed by atoms with Gasteiger partial charge >= 0.3 is 5.97 Å². The van der Waals surface area contributed by atoms with Gasteiger partial charge in [0.25, 0.3) is 0 Å². The minimum Gasteiger partial charge on any atom is -0.480 e. The predicted octanol–water partition coefficient (Wildman–Crippen LogP) is 5.13. The van der Waals surface area contributed by atoms with Crippen molar-refractivity contribution in [1.29, 1.82) is 0 Å². The van der Waals surface area contributed by atoms with Crippen molar-refractivity contribution in [2.45, 2.75) is 57.4 Å². The van der Waals surface area contributed by atoms with E-state index < -0.39 is 18.4 Å². The molecule has 3 aromatic rings. The molecule has 1 aromatic carbocycles. The molecular formula is C29H36F2N6O2. The maximum atomic E-state index is 13.0. The van der Waals surface area contributed by atoms with Crippen LogP contribution in [0.4, 0.5) is 20.4 Å². The number of fused-ring (bicyclic) bond motifs is 1. The second kappa shape index (κ2) is 14.5. The molecule has 2 aromatic heterocycles. The number of nitrogens with zero attached hydrogens (tertiary/aromatic N) is 4. The van der Waals surface area contributed by atoms with Crippen molar-refractivity contribution in [1.82, 2.24) is 19.9 Å². The number of benzene rings is 1. The van der Waals surface area contributed by atoms with E-state index in [1.807, 2.05) is 35.2 Å². The van der Waals surface area contributed by atoms with E-state index in [9.17, 15) is 18.7 Å². The molecule has 0 saturated carbocycles. The third-order valence-electron chi connectivity index (χ3n) is 6.81. The van der Waals surface area contributed by atoms with Gasteiger partial charge in [0.15, 0.2) is 5.82 Å². The number of nitrogens with one attached hydrogen (secondary N) is 2. The Hall–Kier alpha value is -3.66. The summed E-state index contributed by atoms with van der Waals surface area (Å²) in [5, 5.41) is 16.2. The standard InChI is InChI=1S/C29H36F2N6O2/c30-25(31)15-20-37(18-5-4-10-23-12-11-22-9-6-16-32-27(22)34-23)19-14-24(29(38)39)35-26-13-17-33-28(36-26)21-7-2-1-3-8-21/h1-3,7-8,11-13,17,24-25H,4-6,9-10,14-16,18-20H2,(H,32,34)(H,38,39)(H,33,35,36)/t24-/m0/s1. The van der Waals surface area contributed by atoms with Crippen LogP contribution in [0.15, 0.2) is 54.7 Å². The van der Waals surface area contributed by atoms with Crippen molar-refractivity contribution in [3.8, 4) is 11.4 Å². The third kappa shape index (κ3) is 8.95. The van der Waals surface area contributed by atoms with Crippen LogP contribution in [0.1, 0.15) is 43.4 Å². The van der Waals surface area contributed by atoms with E-state index in [0.717, 1.165) is 55.7 Å². The van der Waals surface area contributed by atoms with Crippen molar-refractivity contribution < 1.29 is 18.7 Å². The van der Waals surface area contributed by atoms with Gasteiger partial charge in [-0.3, -0.25) is 0 Å². The van der Waals surface area contributed by atoms with Crippen LogP contribution in [0.3, 0.4) is 0 Å². The third-order valence-corrected chi connectivity index (χ3v) is 6.81. The van der Waals surface area contributed by atoms with Gasteiger partial charge in [-0.25, -0.2) is 28.5 Å². The van der Waals surface area contributed by atoms with E-state index in [1.54, 1.807) is 12.3 Å². The number of carboxylic acids is 1. The summed E-state index contributed by atoms with van der Waals surface area (Å²) < 4.78 is 25.9. The lowest BCUT2D eigenvalue weighted by Crippen LogP contribution is -2.36. The fraction of sp³-hybridized carbons (Fsp3) is 0.448. The first-order chi connectivity index (χ1) is 19.0. The number of hydrogen-bond donors (Lipinski definition) is 3. The topological polar surface area (TPSA) is 103 Å². The smallest absolute Gasteiger partial charge is 0.326 e. The number of carbonyl (C=O) groups is 1. The maximum Gasteiger partial charge on any atom is 0.326 e. The Kier molecular flexibility index (Phi) is 10.5. The number of unbranched alkanes of at least 4 members (excludes halogenated alkanes) is 1. The van der Waals surface area contributed by atoms with Gasteiger partial charge < -0.3 is 20.6 Å². The number of pyridine rings is 1. The Balaban J connectivity index is 1.30. The van der Waals surface area contributed by atoms with Crippen LogP contribution >= 0.6 is 0 Å². The summed E-state index contributed by atoms with van der Waals surface area (Å²) in [7, 11) is 0. The highest BCUT2D eigenvalue weighted by molar-refractivity contribution is 5.77. The first-order valence-electron chi connectivity index (χ1n) is 13.6. The molecule has 0 saturated heterocycles. The van der Waals surface area contributed by atoms with Gasteiger partial charge in [-0.05, 0) is 62.8 Å². The van der Waals surface area contributed by atoms with E-state index in [-0.39, 0.29) is 19.4 Å². The summed E-state index contributed by atoms with van der Waals surface area (Å²) in [5.74, 6) is 0.856. The van der Waals surface area contributed by atoms with E-state index in [2.05, 4.69) is 32.7 Å². The number of aryl methyl sites for hydroxylation is 2. The zero-order valence-corrected chi connectivity index (χ0v) is 22.0. The molecule has 4 rings (SSSR count). The second-order valence-electron chi connectivity index (χ2n) is 9.77. The minimum absolute atomic E-state index is 0.219. The van der Waals surface area contributed by atoms with E-state index in [1.165, 1.54) is 5.56 Å². The maximum absolute atomic E-state index is 13.0. The summed E-state index contributed by atoms with van der Waals surface area (Å²) in [6.07, 6.45) is 3.87. The molecule has 0 fully saturated rings. The van der Waals surface area contributed by atoms with Gasteiger partial charge in [0.05, 0.1) is 0 Å². The molecule has 0 bridgehead atoms. The zero-order valence-electron chi connectivity index (χ0n) is 22.0. The number of hydrogen-bond acceptors (Lipinski definition) is 7. The monoisotopic (exact) mass is 538 g/mol. The number of alkyl halides is 2. The first-order valence-corrected chi connectivity index (χ1v) is 13.6. The van der Waals surface area contributed by atoms with Crippen LogP contribution in [0.5, 0.6) is 0 Å². The number of aliphatic carboxylic acids is 1. The number of rotatable bonds is 15. The van der Waals surface area contributed by atoms with Gasteiger partial charge in [-0.2, -0.15) is 0 Å². The highest BCUT2D eigenvalue weighted by Gasteiger charge is 2.20. The lowest BCUT2D eigenvalue weighted by molar-refractivity contribution is -0.138. The zero-order chi connectivity index (χ0) is 27.5. The molecule has 10 heteroatoms. The molecule has 0 unspecified atom stereocenters. The van der Waals surface area contributed by atoms with Crippen LogP contribution < -0.4 is 10.6 Å². The Labute approximate surface area is 227 Å². The van der Waals surface area contributed by atoms with Crippen LogP contribution in [0.2, 0.25) is 0 Å². The highest BCUT2D eigenvalue weighted by Crippen LogP contribution is 2.21. The fourth-order valence-electron chi connectivity index (χ4n) is 4.68. The van der Waals surface area contributed by atoms with Crippen molar-refractivity contribution in [2.75, 3.05) is 36.8 Å². The molecule has 3 heterocycles. The summed E-state index contributed by atoms with van der Waals surface area (Å²) in [4.78, 5) is 27.4. The van der Waals surface area contributed by atoms with Crippen molar-refractivity contribution in [2.24, 2.45) is 0 Å². The first kappa shape index (κ1) is 28.4. The predicted molar refractivity (Wildman–Crippen MR) is 148 cm³/mol. The summed E-state index contributed by atoms with van der Waals surface area (Å²) in [5.41, 5.74) is 3.10. The molecule has 0 aliphatic carbocycles. The average molecular weight is 539 g/mol. The van der Waals surface area contributed by atoms with Crippen LogP contribution in [-0.4, -0.2) is 69.6 Å². The lowest BCUT2D eigenvalue weighted by atomic mass is 10.1. The van der Waals surface area contributed by atoms with Crippen LogP contribution in [0.25, 0.3) is 11.4 Å². The molecule has 208 valence electrons. The number of anilines is 2. The van der Waals surface area contributed by atoms with E-state index >= 15 is 0 Å². The van der Waals surface area contributed by atoms with E-state index in [4.69, 9.17) is 4.98 Å². The van der Waals surface area contributed by atoms with Crippen LogP contribution in [-0.2, 0) is 17.6 Å². The Morgan fingerprint density at radius 1 is 1.03 bits per heavy atom. The average Bonchev–Trinajstić information content (AvgIpc) is 2.95. The minimum atomic E-state index is -2.40. The van der Waals surface area contributed by atoms with Gasteiger partial charge in [-0.15, -0.1) is 0 Å². The van der Waals surface area contributed by atoms with Crippen molar-refractivity contribution >= 4 is 17.6 Å². The molecule has 3 N–H and O–H groups in total. The fourth-order valence-corrected chi connectivity index (χ4v) is 4.68. The summed E-state index contributed by atoms with van der Waals surface area (Å²) >= 11 is 0. The molecule has 1 aliphatic rings. The molecule has 0 amide bonds. The largest absolute Gasteiger partial charge is 0.480 e. The van der Waals surface area contributed by atoms with Gasteiger partial charge in [0, 0.05) is 43.5 Å². The summed E-state index contributed by atoms with van der Waals surface area (Å²) in [6.45, 7) is 2.17. The molecule has 1 aliphatic heterocycles. The number of aromatic nitrogens is 3. The van der Waals surface area contributed by atoms with Crippen molar-refractivity contribution in [3.05, 3.63) is 66.0 Å². The molecule has 1 atom stereocenters. The Morgan fingerprint density at radius 3 is 2.64 bits per heavy atom. The Morgan fingerprint density at radius 2 is 1.85 bits per heavy atom. The van der Waals surface area contributed by atoms with Gasteiger partial charge in [-0.1, -0.05) is 36.4 Å². The molecular weight excluding hydrogens is 502 g/mol. The van der Waals surface area contributed by atoms with Crippen LogP contribution in [0, 0.1) is 0 Å². The van der Waals surface area contributed by atoms with E-state index in [0.29, 0.717) is 24.7 Å². The summed E-state index contributed by atoms with van der Waals surface area (Å²) in [6, 6.07) is 14.3.